The first-order chi connectivity index (χ1) is 28.6. The molecular formula is C42H54F18N2. The van der Waals surface area contributed by atoms with Crippen LogP contribution in [0.2, 0.25) is 0 Å². The van der Waals surface area contributed by atoms with Crippen LogP contribution in [-0.4, -0.2) is 57.9 Å². The van der Waals surface area contributed by atoms with Crippen molar-refractivity contribution in [2.45, 2.75) is 202 Å². The van der Waals surface area contributed by atoms with Crippen molar-refractivity contribution in [1.82, 2.24) is 9.97 Å². The normalized spacial score (nSPS) is 13.9. The Labute approximate surface area is 350 Å². The predicted molar refractivity (Wildman–Crippen MR) is 198 cm³/mol. The Morgan fingerprint density at radius 1 is 0.306 bits per heavy atom. The molecule has 0 saturated heterocycles. The van der Waals surface area contributed by atoms with Crippen LogP contribution in [0, 0.1) is 0 Å². The minimum Gasteiger partial charge on any atom is -0.255 e. The van der Waals surface area contributed by atoms with Gasteiger partial charge in [0.25, 0.3) is 0 Å². The Kier molecular flexibility index (Phi) is 21.2. The van der Waals surface area contributed by atoms with Gasteiger partial charge in [0.05, 0.1) is 11.4 Å². The third kappa shape index (κ3) is 15.6. The maximum Gasteiger partial charge on any atom is 0.460 e. The van der Waals surface area contributed by atoms with Gasteiger partial charge in [-0.25, -0.2) is 0 Å². The molecule has 0 spiro atoms. The molecule has 2 rings (SSSR count). The van der Waals surface area contributed by atoms with E-state index in [9.17, 15) is 79.0 Å². The number of hydrogen-bond acceptors (Lipinski definition) is 2. The van der Waals surface area contributed by atoms with E-state index in [4.69, 9.17) is 0 Å². The standard InChI is InChI=1S/C42H54F18N2/c43-35(44,37(47,48)39(51,52)41(55,56)57)25-19-15-11-7-3-1-5-9-13-17-21-31-23-27-61-33(29-31)34-30-32(24-28-62-34)22-18-14-10-6-2-4-8-12-16-20-26-36(45,46)38(49,50)40(53,54)42(58,59)60/h23-24,27-30H,1-22,25-26H2. The van der Waals surface area contributed by atoms with Crippen molar-refractivity contribution in [3.05, 3.63) is 47.8 Å². The molecule has 0 aliphatic heterocycles. The predicted octanol–water partition coefficient (Wildman–Crippen LogP) is 16.7. The van der Waals surface area contributed by atoms with E-state index in [0.717, 1.165) is 112 Å². The van der Waals surface area contributed by atoms with Crippen molar-refractivity contribution >= 4 is 0 Å². The third-order valence-corrected chi connectivity index (χ3v) is 10.7. The van der Waals surface area contributed by atoms with Gasteiger partial charge < -0.3 is 0 Å². The topological polar surface area (TPSA) is 25.8 Å². The molecule has 0 bridgehead atoms. The highest BCUT2D eigenvalue weighted by Gasteiger charge is 2.82. The van der Waals surface area contributed by atoms with E-state index in [-0.39, 0.29) is 12.8 Å². The van der Waals surface area contributed by atoms with E-state index >= 15 is 0 Å². The second kappa shape index (κ2) is 23.8. The molecule has 0 saturated carbocycles. The zero-order chi connectivity index (χ0) is 46.9. The highest BCUT2D eigenvalue weighted by molar-refractivity contribution is 5.55. The summed E-state index contributed by atoms with van der Waals surface area (Å²) in [6.45, 7) is 0. The molecule has 2 aromatic heterocycles. The van der Waals surface area contributed by atoms with Crippen LogP contribution < -0.4 is 0 Å². The van der Waals surface area contributed by atoms with Gasteiger partial charge in [-0.05, 0) is 73.9 Å². The molecule has 0 atom stereocenters. The lowest BCUT2D eigenvalue weighted by atomic mass is 9.97. The number of nitrogens with zero attached hydrogens (tertiary/aromatic N) is 2. The van der Waals surface area contributed by atoms with E-state index in [0.29, 0.717) is 25.7 Å². The van der Waals surface area contributed by atoms with E-state index in [1.54, 1.807) is 12.4 Å². The van der Waals surface area contributed by atoms with Gasteiger partial charge in [-0.2, -0.15) is 79.0 Å². The lowest BCUT2D eigenvalue weighted by molar-refractivity contribution is -0.396. The van der Waals surface area contributed by atoms with E-state index in [1.165, 1.54) is 0 Å². The van der Waals surface area contributed by atoms with E-state index < -0.39 is 73.6 Å². The summed E-state index contributed by atoms with van der Waals surface area (Å²) in [6.07, 6.45) is -0.953. The quantitative estimate of drug-likeness (QED) is 0.0556. The number of rotatable bonds is 31. The molecule has 0 unspecified atom stereocenters. The van der Waals surface area contributed by atoms with Crippen molar-refractivity contribution in [2.75, 3.05) is 0 Å². The molecule has 0 aliphatic rings. The van der Waals surface area contributed by atoms with Gasteiger partial charge >= 0.3 is 47.9 Å². The minimum absolute atomic E-state index is 0.00492. The molecular weight excluding hydrogens is 874 g/mol. The summed E-state index contributed by atoms with van der Waals surface area (Å²) in [6, 6.07) is 7.82. The van der Waals surface area contributed by atoms with Crippen LogP contribution in [0.15, 0.2) is 36.7 Å². The van der Waals surface area contributed by atoms with Crippen LogP contribution in [-0.2, 0) is 12.8 Å². The van der Waals surface area contributed by atoms with Crippen LogP contribution in [0.5, 0.6) is 0 Å². The number of aryl methyl sites for hydroxylation is 2. The number of unbranched alkanes of at least 4 members (excludes halogenated alkanes) is 18. The lowest BCUT2D eigenvalue weighted by Crippen LogP contribution is -2.60. The zero-order valence-electron chi connectivity index (χ0n) is 34.1. The van der Waals surface area contributed by atoms with Gasteiger partial charge in [-0.3, -0.25) is 9.97 Å². The molecule has 2 heterocycles. The Morgan fingerprint density at radius 2 is 0.548 bits per heavy atom. The molecule has 20 heteroatoms. The largest absolute Gasteiger partial charge is 0.460 e. The first-order valence-electron chi connectivity index (χ1n) is 20.9. The molecule has 2 aromatic rings. The van der Waals surface area contributed by atoms with Crippen molar-refractivity contribution < 1.29 is 79.0 Å². The summed E-state index contributed by atoms with van der Waals surface area (Å²) < 4.78 is 233. The van der Waals surface area contributed by atoms with Gasteiger partial charge in [0.2, 0.25) is 0 Å². The maximum atomic E-state index is 13.6. The fourth-order valence-corrected chi connectivity index (χ4v) is 6.85. The lowest BCUT2D eigenvalue weighted by Gasteiger charge is -2.33. The van der Waals surface area contributed by atoms with Gasteiger partial charge in [-0.1, -0.05) is 103 Å². The number of hydrogen-bond donors (Lipinski definition) is 0. The first-order valence-corrected chi connectivity index (χ1v) is 20.9. The summed E-state index contributed by atoms with van der Waals surface area (Å²) >= 11 is 0. The molecule has 62 heavy (non-hydrogen) atoms. The van der Waals surface area contributed by atoms with E-state index in [1.807, 2.05) is 24.3 Å². The summed E-state index contributed by atoms with van der Waals surface area (Å²) in [5.74, 6) is -37.8. The SMILES string of the molecule is FC(F)(F)C(F)(F)C(F)(F)C(F)(F)CCCCCCCCCCCCc1ccnc(-c2cc(CCCCCCCCCCCCC(F)(F)C(F)(F)C(F)(F)C(F)(F)F)ccn2)c1. The summed E-state index contributed by atoms with van der Waals surface area (Å²) in [5, 5.41) is 0. The van der Waals surface area contributed by atoms with Crippen LogP contribution in [0.25, 0.3) is 11.4 Å². The van der Waals surface area contributed by atoms with Crippen molar-refractivity contribution in [2.24, 2.45) is 0 Å². The van der Waals surface area contributed by atoms with Gasteiger partial charge in [0, 0.05) is 25.2 Å². The molecule has 0 N–H and O–H groups in total. The molecule has 2 nitrogen and oxygen atoms in total. The number of pyridine rings is 2. The van der Waals surface area contributed by atoms with Crippen molar-refractivity contribution in [1.29, 1.82) is 0 Å². The summed E-state index contributed by atoms with van der Waals surface area (Å²) in [5.41, 5.74) is 3.64. The Hall–Kier alpha value is -2.96. The monoisotopic (exact) mass is 928 g/mol. The second-order valence-corrected chi connectivity index (χ2v) is 15.9. The molecule has 0 radical (unpaired) electrons. The average molecular weight is 929 g/mol. The summed E-state index contributed by atoms with van der Waals surface area (Å²) in [7, 11) is 0. The highest BCUT2D eigenvalue weighted by atomic mass is 19.4. The first kappa shape index (κ1) is 55.2. The average Bonchev–Trinajstić information content (AvgIpc) is 3.17. The number of halogens is 18. The fourth-order valence-electron chi connectivity index (χ4n) is 6.85. The van der Waals surface area contributed by atoms with Crippen LogP contribution in [0.3, 0.4) is 0 Å². The molecule has 358 valence electrons. The van der Waals surface area contributed by atoms with Crippen molar-refractivity contribution in [3.63, 3.8) is 0 Å². The Balaban J connectivity index is 1.56. The van der Waals surface area contributed by atoms with Crippen LogP contribution >= 0.6 is 0 Å². The Morgan fingerprint density at radius 3 is 0.806 bits per heavy atom. The minimum atomic E-state index is -6.85. The highest BCUT2D eigenvalue weighted by Crippen LogP contribution is 2.55. The summed E-state index contributed by atoms with van der Waals surface area (Å²) in [4.78, 5) is 8.93. The van der Waals surface area contributed by atoms with Crippen LogP contribution in [0.4, 0.5) is 79.0 Å². The van der Waals surface area contributed by atoms with Crippen LogP contribution in [0.1, 0.15) is 152 Å². The Bertz CT molecular complexity index is 1460. The van der Waals surface area contributed by atoms with Gasteiger partial charge in [-0.15, -0.1) is 0 Å². The number of alkyl halides is 18. The second-order valence-electron chi connectivity index (χ2n) is 15.9. The third-order valence-electron chi connectivity index (χ3n) is 10.7. The molecule has 0 aliphatic carbocycles. The van der Waals surface area contributed by atoms with Gasteiger partial charge in [0.1, 0.15) is 0 Å². The molecule has 0 amide bonds. The maximum absolute atomic E-state index is 13.6. The smallest absolute Gasteiger partial charge is 0.255 e. The van der Waals surface area contributed by atoms with Gasteiger partial charge in [0.15, 0.2) is 0 Å². The molecule has 0 aromatic carbocycles. The van der Waals surface area contributed by atoms with E-state index in [2.05, 4.69) is 9.97 Å². The molecule has 0 fully saturated rings. The number of aromatic nitrogens is 2. The van der Waals surface area contributed by atoms with Crippen molar-refractivity contribution in [3.8, 4) is 11.4 Å². The zero-order valence-corrected chi connectivity index (χ0v) is 34.1. The fraction of sp³-hybridized carbons (Fsp3) is 0.762.